The summed E-state index contributed by atoms with van der Waals surface area (Å²) in [4.78, 5) is 40.9. The number of nitrogens with one attached hydrogen (secondary N) is 2. The summed E-state index contributed by atoms with van der Waals surface area (Å²) < 4.78 is 0. The Labute approximate surface area is 161 Å². The number of likely N-dealkylation sites (tertiary alicyclic amines) is 1. The lowest BCUT2D eigenvalue weighted by molar-refractivity contribution is -0.138. The first kappa shape index (κ1) is 19.6. The molecule has 0 radical (unpaired) electrons. The summed E-state index contributed by atoms with van der Waals surface area (Å²) in [7, 11) is 0. The van der Waals surface area contributed by atoms with Crippen LogP contribution in [0, 0.1) is 0 Å². The van der Waals surface area contributed by atoms with Crippen LogP contribution in [-0.4, -0.2) is 58.5 Å². The van der Waals surface area contributed by atoms with E-state index in [1.165, 1.54) is 4.90 Å². The highest BCUT2D eigenvalue weighted by Crippen LogP contribution is 2.21. The van der Waals surface area contributed by atoms with Crippen LogP contribution in [-0.2, 0) is 20.9 Å². The molecule has 0 saturated carbocycles. The van der Waals surface area contributed by atoms with Crippen LogP contribution in [0.25, 0.3) is 10.8 Å². The van der Waals surface area contributed by atoms with Crippen molar-refractivity contribution in [3.05, 3.63) is 36.0 Å². The number of carbonyl (C=O) groups is 3. The van der Waals surface area contributed by atoms with Crippen molar-refractivity contribution in [3.63, 3.8) is 0 Å². The highest BCUT2D eigenvalue weighted by atomic mass is 16.4. The number of rotatable bonds is 7. The third-order valence-corrected chi connectivity index (χ3v) is 4.75. The number of aliphatic carboxylic acids is 1. The average Bonchev–Trinajstić information content (AvgIpc) is 3.16. The standard InChI is InChI=1S/C19H23N5O4/c20-18-14-4-3-12(8-13(14)5-6-22-18)9-23-19(28)15-2-1-7-24(15)16(25)10-21-11-17(26)27/h3-6,8,15,21H,1-2,7,9-11H2,(H2,20,22)(H,23,28)(H,26,27). The molecule has 5 N–H and O–H groups in total. The Bertz CT molecular complexity index is 901. The summed E-state index contributed by atoms with van der Waals surface area (Å²) in [6, 6.07) is 7.03. The van der Waals surface area contributed by atoms with Gasteiger partial charge in [0.1, 0.15) is 11.9 Å². The van der Waals surface area contributed by atoms with Crippen LogP contribution in [0.5, 0.6) is 0 Å². The van der Waals surface area contributed by atoms with E-state index in [0.717, 1.165) is 22.8 Å². The minimum atomic E-state index is -1.03. The molecule has 2 heterocycles. The maximum absolute atomic E-state index is 12.6. The smallest absolute Gasteiger partial charge is 0.317 e. The molecule has 1 aromatic carbocycles. The number of nitrogens with two attached hydrogens (primary N) is 1. The van der Waals surface area contributed by atoms with Gasteiger partial charge in [-0.1, -0.05) is 12.1 Å². The van der Waals surface area contributed by atoms with Gasteiger partial charge in [0.05, 0.1) is 13.1 Å². The van der Waals surface area contributed by atoms with Crippen LogP contribution in [0.15, 0.2) is 30.5 Å². The number of pyridine rings is 1. The summed E-state index contributed by atoms with van der Waals surface area (Å²) >= 11 is 0. The molecule has 1 aliphatic rings. The molecule has 1 fully saturated rings. The highest BCUT2D eigenvalue weighted by Gasteiger charge is 2.33. The molecule has 1 atom stereocenters. The van der Waals surface area contributed by atoms with Crippen molar-refractivity contribution < 1.29 is 19.5 Å². The molecule has 1 aliphatic heterocycles. The Morgan fingerprint density at radius 2 is 2.07 bits per heavy atom. The first-order valence-electron chi connectivity index (χ1n) is 9.08. The molecule has 9 nitrogen and oxygen atoms in total. The number of anilines is 1. The number of amides is 2. The molecule has 1 saturated heterocycles. The van der Waals surface area contributed by atoms with E-state index in [0.29, 0.717) is 25.3 Å². The predicted octanol–water partition coefficient (Wildman–Crippen LogP) is 0.0984. The zero-order chi connectivity index (χ0) is 20.1. The molecule has 0 spiro atoms. The van der Waals surface area contributed by atoms with Gasteiger partial charge < -0.3 is 21.1 Å². The van der Waals surface area contributed by atoms with Gasteiger partial charge in [-0.2, -0.15) is 0 Å². The minimum Gasteiger partial charge on any atom is -0.480 e. The normalized spacial score (nSPS) is 16.3. The SMILES string of the molecule is Nc1nccc2cc(CNC(=O)C3CCCN3C(=O)CNCC(=O)O)ccc12. The average molecular weight is 385 g/mol. The monoisotopic (exact) mass is 385 g/mol. The summed E-state index contributed by atoms with van der Waals surface area (Å²) in [5.74, 6) is -1.05. The van der Waals surface area contributed by atoms with Gasteiger partial charge in [0, 0.05) is 24.7 Å². The van der Waals surface area contributed by atoms with E-state index < -0.39 is 12.0 Å². The van der Waals surface area contributed by atoms with Gasteiger partial charge in [-0.05, 0) is 35.9 Å². The van der Waals surface area contributed by atoms with Crippen molar-refractivity contribution in [3.8, 4) is 0 Å². The van der Waals surface area contributed by atoms with Crippen molar-refractivity contribution in [1.29, 1.82) is 0 Å². The number of carboxylic acid groups (broad SMARTS) is 1. The third kappa shape index (κ3) is 4.55. The third-order valence-electron chi connectivity index (χ3n) is 4.75. The van der Waals surface area contributed by atoms with E-state index in [2.05, 4.69) is 15.6 Å². The van der Waals surface area contributed by atoms with E-state index in [1.54, 1.807) is 6.20 Å². The second kappa shape index (κ2) is 8.66. The molecular weight excluding hydrogens is 362 g/mol. The minimum absolute atomic E-state index is 0.101. The Balaban J connectivity index is 1.57. The molecule has 0 aliphatic carbocycles. The van der Waals surface area contributed by atoms with Gasteiger partial charge >= 0.3 is 5.97 Å². The van der Waals surface area contributed by atoms with E-state index >= 15 is 0 Å². The van der Waals surface area contributed by atoms with Crippen LogP contribution in [0.1, 0.15) is 18.4 Å². The maximum Gasteiger partial charge on any atom is 0.317 e. The number of aromatic nitrogens is 1. The second-order valence-corrected chi connectivity index (χ2v) is 6.71. The van der Waals surface area contributed by atoms with E-state index in [1.807, 2.05) is 24.3 Å². The Morgan fingerprint density at radius 1 is 1.25 bits per heavy atom. The maximum atomic E-state index is 12.6. The van der Waals surface area contributed by atoms with Crippen LogP contribution < -0.4 is 16.4 Å². The second-order valence-electron chi connectivity index (χ2n) is 6.71. The first-order chi connectivity index (χ1) is 13.5. The van der Waals surface area contributed by atoms with Crippen molar-refractivity contribution in [2.45, 2.75) is 25.4 Å². The Hall–Kier alpha value is -3.20. The Kier molecular flexibility index (Phi) is 6.05. The quantitative estimate of drug-likeness (QED) is 0.530. The van der Waals surface area contributed by atoms with Gasteiger partial charge in [0.2, 0.25) is 11.8 Å². The fourth-order valence-corrected chi connectivity index (χ4v) is 3.38. The number of benzene rings is 1. The molecule has 0 bridgehead atoms. The number of carboxylic acids is 1. The van der Waals surface area contributed by atoms with Gasteiger partial charge in [-0.25, -0.2) is 4.98 Å². The van der Waals surface area contributed by atoms with Gasteiger partial charge in [-0.15, -0.1) is 0 Å². The molecule has 148 valence electrons. The first-order valence-corrected chi connectivity index (χ1v) is 9.08. The zero-order valence-corrected chi connectivity index (χ0v) is 15.4. The zero-order valence-electron chi connectivity index (χ0n) is 15.4. The number of hydrogen-bond acceptors (Lipinski definition) is 6. The summed E-state index contributed by atoms with van der Waals surface area (Å²) in [5, 5.41) is 15.9. The lowest BCUT2D eigenvalue weighted by atomic mass is 10.1. The van der Waals surface area contributed by atoms with Crippen LogP contribution in [0.2, 0.25) is 0 Å². The fourth-order valence-electron chi connectivity index (χ4n) is 3.38. The van der Waals surface area contributed by atoms with E-state index in [9.17, 15) is 14.4 Å². The Morgan fingerprint density at radius 3 is 2.86 bits per heavy atom. The van der Waals surface area contributed by atoms with Crippen LogP contribution in [0.3, 0.4) is 0 Å². The lowest BCUT2D eigenvalue weighted by Gasteiger charge is -2.24. The lowest BCUT2D eigenvalue weighted by Crippen LogP contribution is -2.48. The van der Waals surface area contributed by atoms with Gasteiger partial charge in [0.25, 0.3) is 0 Å². The molecule has 2 amide bonds. The van der Waals surface area contributed by atoms with Crippen molar-refractivity contribution in [2.24, 2.45) is 0 Å². The summed E-state index contributed by atoms with van der Waals surface area (Å²) in [6.45, 7) is 0.440. The summed E-state index contributed by atoms with van der Waals surface area (Å²) in [6.07, 6.45) is 2.97. The number of nitrogen functional groups attached to an aromatic ring is 1. The molecule has 3 rings (SSSR count). The molecule has 1 unspecified atom stereocenters. The number of nitrogens with zero attached hydrogens (tertiary/aromatic N) is 2. The molecule has 1 aromatic heterocycles. The van der Waals surface area contributed by atoms with Crippen LogP contribution >= 0.6 is 0 Å². The van der Waals surface area contributed by atoms with Crippen LogP contribution in [0.4, 0.5) is 5.82 Å². The van der Waals surface area contributed by atoms with Crippen molar-refractivity contribution >= 4 is 34.4 Å². The largest absolute Gasteiger partial charge is 0.480 e. The highest BCUT2D eigenvalue weighted by molar-refractivity contribution is 5.91. The molecule has 2 aromatic rings. The van der Waals surface area contributed by atoms with Gasteiger partial charge in [-0.3, -0.25) is 19.7 Å². The van der Waals surface area contributed by atoms with E-state index in [-0.39, 0.29) is 24.9 Å². The molecule has 28 heavy (non-hydrogen) atoms. The van der Waals surface area contributed by atoms with Gasteiger partial charge in [0.15, 0.2) is 0 Å². The fraction of sp³-hybridized carbons (Fsp3) is 0.368. The predicted molar refractivity (Wildman–Crippen MR) is 103 cm³/mol. The summed E-state index contributed by atoms with van der Waals surface area (Å²) in [5.41, 5.74) is 6.77. The van der Waals surface area contributed by atoms with Crippen molar-refractivity contribution in [1.82, 2.24) is 20.5 Å². The van der Waals surface area contributed by atoms with Crippen molar-refractivity contribution in [2.75, 3.05) is 25.4 Å². The number of hydrogen-bond donors (Lipinski definition) is 4. The van der Waals surface area contributed by atoms with E-state index in [4.69, 9.17) is 10.8 Å². The topological polar surface area (TPSA) is 138 Å². The number of carbonyl (C=O) groups excluding carboxylic acids is 2. The molecule has 9 heteroatoms. The molecular formula is C19H23N5O4. The number of fused-ring (bicyclic) bond motifs is 1.